The first-order valence-corrected chi connectivity index (χ1v) is 21.9. The molecule has 2 heteroatoms. The summed E-state index contributed by atoms with van der Waals surface area (Å²) in [5.74, 6) is 0. The van der Waals surface area contributed by atoms with E-state index < -0.39 is 0 Å². The van der Waals surface area contributed by atoms with Crippen LogP contribution in [0, 0.1) is 0 Å². The van der Waals surface area contributed by atoms with E-state index in [1.165, 1.54) is 49.4 Å². The quantitative estimate of drug-likeness (QED) is 0.152. The third-order valence-corrected chi connectivity index (χ3v) is 12.7. The van der Waals surface area contributed by atoms with Crippen LogP contribution in [0.25, 0.3) is 99.1 Å². The van der Waals surface area contributed by atoms with Gasteiger partial charge >= 0.3 is 0 Å². The molecule has 1 aromatic heterocycles. The molecule has 12 aromatic rings. The van der Waals surface area contributed by atoms with Crippen LogP contribution in [0.2, 0.25) is 0 Å². The summed E-state index contributed by atoms with van der Waals surface area (Å²) in [7, 11) is 0. The third kappa shape index (κ3) is 6.70. The van der Waals surface area contributed by atoms with Crippen LogP contribution in [0.5, 0.6) is 0 Å². The van der Waals surface area contributed by atoms with Crippen LogP contribution < -0.4 is 4.90 Å². The molecule has 12 rings (SSSR count). The lowest BCUT2D eigenvalue weighted by molar-refractivity contribution is 0.669. The van der Waals surface area contributed by atoms with E-state index in [-0.39, 0.29) is 0 Å². The molecule has 0 aliphatic heterocycles. The van der Waals surface area contributed by atoms with E-state index in [4.69, 9.17) is 4.42 Å². The molecule has 1 heterocycles. The fourth-order valence-corrected chi connectivity index (χ4v) is 9.49. The second kappa shape index (κ2) is 15.8. The largest absolute Gasteiger partial charge is 0.456 e. The maximum Gasteiger partial charge on any atom is 0.136 e. The molecule has 0 unspecified atom stereocenters. The second-order valence-corrected chi connectivity index (χ2v) is 16.5. The predicted octanol–water partition coefficient (Wildman–Crippen LogP) is 17.7. The zero-order valence-corrected chi connectivity index (χ0v) is 35.0. The molecule has 2 nitrogen and oxygen atoms in total. The Morgan fingerprint density at radius 2 is 0.797 bits per heavy atom. The average Bonchev–Trinajstić information content (AvgIpc) is 3.76. The lowest BCUT2D eigenvalue weighted by Gasteiger charge is -2.28. The Morgan fingerprint density at radius 3 is 1.56 bits per heavy atom. The van der Waals surface area contributed by atoms with Gasteiger partial charge in [0.2, 0.25) is 0 Å². The first-order chi connectivity index (χ1) is 31.7. The highest BCUT2D eigenvalue weighted by Crippen LogP contribution is 2.45. The van der Waals surface area contributed by atoms with Gasteiger partial charge in [-0.3, -0.25) is 0 Å². The van der Waals surface area contributed by atoms with Gasteiger partial charge in [-0.2, -0.15) is 0 Å². The van der Waals surface area contributed by atoms with Crippen LogP contribution in [0.3, 0.4) is 0 Å². The summed E-state index contributed by atoms with van der Waals surface area (Å²) in [5.41, 5.74) is 16.8. The maximum atomic E-state index is 6.58. The zero-order chi connectivity index (χ0) is 42.4. The van der Waals surface area contributed by atoms with E-state index in [0.29, 0.717) is 0 Å². The van der Waals surface area contributed by atoms with E-state index in [1.807, 2.05) is 6.07 Å². The molecule has 0 saturated heterocycles. The van der Waals surface area contributed by atoms with Crippen molar-refractivity contribution in [2.24, 2.45) is 0 Å². The van der Waals surface area contributed by atoms with Gasteiger partial charge in [-0.25, -0.2) is 0 Å². The number of hydrogen-bond donors (Lipinski definition) is 0. The van der Waals surface area contributed by atoms with Gasteiger partial charge in [0.25, 0.3) is 0 Å². The summed E-state index contributed by atoms with van der Waals surface area (Å²) in [6.45, 7) is 0. The summed E-state index contributed by atoms with van der Waals surface area (Å²) in [6, 6.07) is 89.6. The number of fused-ring (bicyclic) bond motifs is 6. The molecule has 0 fully saturated rings. The normalized spacial score (nSPS) is 11.4. The molecule has 0 atom stereocenters. The Kier molecular flexibility index (Phi) is 9.20. The Bertz CT molecular complexity index is 3640. The molecule has 0 radical (unpaired) electrons. The van der Waals surface area contributed by atoms with Crippen LogP contribution in [0.4, 0.5) is 17.1 Å². The van der Waals surface area contributed by atoms with Gasteiger partial charge in [0.1, 0.15) is 11.2 Å². The lowest BCUT2D eigenvalue weighted by Crippen LogP contribution is -2.11. The number of nitrogens with zero attached hydrogens (tertiary/aromatic N) is 1. The van der Waals surface area contributed by atoms with Gasteiger partial charge in [-0.05, 0) is 132 Å². The summed E-state index contributed by atoms with van der Waals surface area (Å²) in [5, 5.41) is 7.11. The first-order valence-electron chi connectivity index (χ1n) is 21.9. The highest BCUT2D eigenvalue weighted by Gasteiger charge is 2.20. The highest BCUT2D eigenvalue weighted by molar-refractivity contribution is 6.22. The van der Waals surface area contributed by atoms with E-state index >= 15 is 0 Å². The number of para-hydroxylation sites is 2. The molecular formula is C62H41NO. The predicted molar refractivity (Wildman–Crippen MR) is 271 cm³/mol. The zero-order valence-electron chi connectivity index (χ0n) is 35.0. The first kappa shape index (κ1) is 37.3. The van der Waals surface area contributed by atoms with Crippen LogP contribution in [0.1, 0.15) is 0 Å². The Morgan fingerprint density at radius 1 is 0.266 bits per heavy atom. The molecule has 0 spiro atoms. The standard InChI is InChI=1S/C62H41NO/c1-3-14-42(15-4-1)45-28-33-52(34-29-45)63(59-24-11-9-22-54(59)50-21-13-20-48(38-50)43-16-5-2-6-17-43)53-35-30-46(31-36-53)49-32-37-55-57(51-27-26-44-18-7-8-19-47(44)39-51)41-61-62(58(55)40-49)56-23-10-12-25-60(56)64-61/h1-41H. The topological polar surface area (TPSA) is 16.4 Å². The molecule has 64 heavy (non-hydrogen) atoms. The summed E-state index contributed by atoms with van der Waals surface area (Å²) < 4.78 is 6.58. The van der Waals surface area contributed by atoms with Crippen molar-refractivity contribution in [1.82, 2.24) is 0 Å². The fourth-order valence-electron chi connectivity index (χ4n) is 9.49. The fraction of sp³-hybridized carbons (Fsp3) is 0. The van der Waals surface area contributed by atoms with Crippen LogP contribution in [0.15, 0.2) is 253 Å². The van der Waals surface area contributed by atoms with Crippen molar-refractivity contribution in [3.8, 4) is 55.6 Å². The molecule has 300 valence electrons. The summed E-state index contributed by atoms with van der Waals surface area (Å²) in [4.78, 5) is 2.39. The summed E-state index contributed by atoms with van der Waals surface area (Å²) >= 11 is 0. The van der Waals surface area contributed by atoms with E-state index in [9.17, 15) is 0 Å². The van der Waals surface area contributed by atoms with Crippen molar-refractivity contribution in [3.63, 3.8) is 0 Å². The average molecular weight is 816 g/mol. The van der Waals surface area contributed by atoms with E-state index in [0.717, 1.165) is 66.8 Å². The van der Waals surface area contributed by atoms with Crippen molar-refractivity contribution < 1.29 is 4.42 Å². The van der Waals surface area contributed by atoms with Gasteiger partial charge in [0, 0.05) is 27.7 Å². The van der Waals surface area contributed by atoms with Crippen molar-refractivity contribution in [2.75, 3.05) is 4.90 Å². The Balaban J connectivity index is 0.986. The number of anilines is 3. The van der Waals surface area contributed by atoms with E-state index in [2.05, 4.69) is 248 Å². The van der Waals surface area contributed by atoms with Gasteiger partial charge in [0.05, 0.1) is 5.69 Å². The summed E-state index contributed by atoms with van der Waals surface area (Å²) in [6.07, 6.45) is 0. The molecule has 0 saturated carbocycles. The number of benzene rings is 11. The van der Waals surface area contributed by atoms with Crippen LogP contribution in [-0.2, 0) is 0 Å². The molecule has 0 amide bonds. The van der Waals surface area contributed by atoms with Gasteiger partial charge < -0.3 is 9.32 Å². The van der Waals surface area contributed by atoms with E-state index in [1.54, 1.807) is 0 Å². The second-order valence-electron chi connectivity index (χ2n) is 16.5. The number of rotatable bonds is 8. The molecule has 0 bridgehead atoms. The maximum absolute atomic E-state index is 6.58. The highest BCUT2D eigenvalue weighted by atomic mass is 16.3. The SMILES string of the molecule is c1ccc(-c2ccc(N(c3ccc(-c4ccc5c(-c6ccc7ccccc7c6)cc6oc7ccccc7c6c5c4)cc3)c3ccccc3-c3cccc(-c4ccccc4)c3)cc2)cc1. The third-order valence-electron chi connectivity index (χ3n) is 12.7. The molecule has 0 N–H and O–H groups in total. The minimum absolute atomic E-state index is 0.895. The molecule has 0 aliphatic rings. The minimum Gasteiger partial charge on any atom is -0.456 e. The Hall–Kier alpha value is -8.46. The van der Waals surface area contributed by atoms with Gasteiger partial charge in [0.15, 0.2) is 0 Å². The minimum atomic E-state index is 0.895. The number of hydrogen-bond acceptors (Lipinski definition) is 2. The van der Waals surface area contributed by atoms with Gasteiger partial charge in [-0.1, -0.05) is 188 Å². The van der Waals surface area contributed by atoms with Crippen molar-refractivity contribution in [3.05, 3.63) is 249 Å². The van der Waals surface area contributed by atoms with Crippen molar-refractivity contribution >= 4 is 60.5 Å². The smallest absolute Gasteiger partial charge is 0.136 e. The van der Waals surface area contributed by atoms with Crippen molar-refractivity contribution in [1.29, 1.82) is 0 Å². The molecular weight excluding hydrogens is 775 g/mol. The van der Waals surface area contributed by atoms with Crippen molar-refractivity contribution in [2.45, 2.75) is 0 Å². The lowest BCUT2D eigenvalue weighted by atomic mass is 9.91. The molecule has 0 aliphatic carbocycles. The van der Waals surface area contributed by atoms with Gasteiger partial charge in [-0.15, -0.1) is 0 Å². The molecule has 11 aromatic carbocycles. The number of furan rings is 1. The van der Waals surface area contributed by atoms with Crippen LogP contribution in [-0.4, -0.2) is 0 Å². The van der Waals surface area contributed by atoms with Crippen LogP contribution >= 0.6 is 0 Å². The monoisotopic (exact) mass is 815 g/mol. The Labute approximate surface area is 372 Å².